The van der Waals surface area contributed by atoms with Gasteiger partial charge in [0.15, 0.2) is 0 Å². The molecule has 62 valence electrons. The van der Waals surface area contributed by atoms with Gasteiger partial charge in [0.05, 0.1) is 0 Å². The van der Waals surface area contributed by atoms with Crippen LogP contribution in [0.1, 0.15) is 27.2 Å². The molecule has 0 fully saturated rings. The van der Waals surface area contributed by atoms with Gasteiger partial charge in [-0.3, -0.25) is 0 Å². The minimum atomic E-state index is -0.0666. The number of rotatable bonds is 0. The molecule has 1 rings (SSSR count). The fourth-order valence-corrected chi connectivity index (χ4v) is 0.703. The molecular formula is C10H15F. The van der Waals surface area contributed by atoms with Gasteiger partial charge in [-0.1, -0.05) is 37.6 Å². The standard InChI is InChI=1S/C8H9F.C2H6/c1-7-3-2-4-8(9)6-5-7;1-2/h2-3,5-6H,4H2,1H3;1-2H3. The van der Waals surface area contributed by atoms with E-state index in [4.69, 9.17) is 0 Å². The second kappa shape index (κ2) is 5.90. The molecule has 0 aromatic rings. The van der Waals surface area contributed by atoms with E-state index in [1.807, 2.05) is 32.9 Å². The van der Waals surface area contributed by atoms with Gasteiger partial charge in [0, 0.05) is 6.42 Å². The Morgan fingerprint density at radius 3 is 2.55 bits per heavy atom. The van der Waals surface area contributed by atoms with E-state index < -0.39 is 0 Å². The van der Waals surface area contributed by atoms with Crippen LogP contribution in [-0.4, -0.2) is 0 Å². The maximum atomic E-state index is 12.4. The third kappa shape index (κ3) is 4.54. The zero-order valence-electron chi connectivity index (χ0n) is 7.39. The van der Waals surface area contributed by atoms with Gasteiger partial charge in [0.1, 0.15) is 5.83 Å². The minimum Gasteiger partial charge on any atom is -0.211 e. The van der Waals surface area contributed by atoms with Crippen LogP contribution in [0.3, 0.4) is 0 Å². The van der Waals surface area contributed by atoms with Crippen molar-refractivity contribution in [3.8, 4) is 0 Å². The maximum Gasteiger partial charge on any atom is 0.104 e. The predicted molar refractivity (Wildman–Crippen MR) is 48.1 cm³/mol. The lowest BCUT2D eigenvalue weighted by Gasteiger charge is -1.81. The molecule has 0 spiro atoms. The first kappa shape index (κ1) is 10.2. The van der Waals surface area contributed by atoms with E-state index >= 15 is 0 Å². The first-order valence-corrected chi connectivity index (χ1v) is 3.98. The third-order valence-electron chi connectivity index (χ3n) is 1.22. The summed E-state index contributed by atoms with van der Waals surface area (Å²) in [6.07, 6.45) is 7.47. The van der Waals surface area contributed by atoms with Crippen LogP contribution in [0, 0.1) is 0 Å². The molecule has 0 atom stereocenters. The molecule has 0 N–H and O–H groups in total. The summed E-state index contributed by atoms with van der Waals surface area (Å²) < 4.78 is 12.4. The largest absolute Gasteiger partial charge is 0.211 e. The van der Waals surface area contributed by atoms with Crippen molar-refractivity contribution >= 4 is 0 Å². The van der Waals surface area contributed by atoms with Crippen molar-refractivity contribution in [3.05, 3.63) is 35.7 Å². The SMILES string of the molecule is CC.CC1=CC=C(F)CC=C1. The third-order valence-corrected chi connectivity index (χ3v) is 1.22. The quantitative estimate of drug-likeness (QED) is 0.498. The highest BCUT2D eigenvalue weighted by Gasteiger charge is 1.92. The second-order valence-corrected chi connectivity index (χ2v) is 2.13. The van der Waals surface area contributed by atoms with Crippen molar-refractivity contribution < 1.29 is 4.39 Å². The molecule has 0 unspecified atom stereocenters. The highest BCUT2D eigenvalue weighted by atomic mass is 19.1. The van der Waals surface area contributed by atoms with E-state index in [-0.39, 0.29) is 5.83 Å². The summed E-state index contributed by atoms with van der Waals surface area (Å²) in [6, 6.07) is 0. The maximum absolute atomic E-state index is 12.4. The van der Waals surface area contributed by atoms with Crippen molar-refractivity contribution in [1.82, 2.24) is 0 Å². The molecule has 0 bridgehead atoms. The van der Waals surface area contributed by atoms with Crippen LogP contribution in [0.5, 0.6) is 0 Å². The van der Waals surface area contributed by atoms with Crippen molar-refractivity contribution in [1.29, 1.82) is 0 Å². The molecule has 0 nitrogen and oxygen atoms in total. The summed E-state index contributed by atoms with van der Waals surface area (Å²) in [7, 11) is 0. The lowest BCUT2D eigenvalue weighted by Crippen LogP contribution is -1.63. The molecule has 0 aromatic heterocycles. The monoisotopic (exact) mass is 154 g/mol. The van der Waals surface area contributed by atoms with E-state index in [0.717, 1.165) is 5.57 Å². The molecule has 1 heteroatoms. The zero-order valence-corrected chi connectivity index (χ0v) is 7.39. The Hall–Kier alpha value is -0.850. The van der Waals surface area contributed by atoms with Gasteiger partial charge in [0.2, 0.25) is 0 Å². The van der Waals surface area contributed by atoms with Crippen LogP contribution < -0.4 is 0 Å². The smallest absolute Gasteiger partial charge is 0.104 e. The van der Waals surface area contributed by atoms with Crippen molar-refractivity contribution in [2.24, 2.45) is 0 Å². The van der Waals surface area contributed by atoms with E-state index in [0.29, 0.717) is 6.42 Å². The normalized spacial score (nSPS) is 15.6. The fourth-order valence-electron chi connectivity index (χ4n) is 0.703. The Balaban J connectivity index is 0.000000461. The number of allylic oxidation sites excluding steroid dienone is 6. The Kier molecular flexibility index (Phi) is 5.44. The predicted octanol–water partition coefficient (Wildman–Crippen LogP) is 3.77. The molecule has 0 radical (unpaired) electrons. The average molecular weight is 154 g/mol. The first-order chi connectivity index (χ1) is 5.29. The highest BCUT2D eigenvalue weighted by Crippen LogP contribution is 2.10. The molecule has 1 aliphatic carbocycles. The summed E-state index contributed by atoms with van der Waals surface area (Å²) in [5.74, 6) is -0.0666. The van der Waals surface area contributed by atoms with E-state index in [2.05, 4.69) is 0 Å². The number of halogens is 1. The van der Waals surface area contributed by atoms with Crippen molar-refractivity contribution in [2.45, 2.75) is 27.2 Å². The summed E-state index contributed by atoms with van der Waals surface area (Å²) in [4.78, 5) is 0. The van der Waals surface area contributed by atoms with Gasteiger partial charge in [-0.15, -0.1) is 0 Å². The molecule has 0 saturated heterocycles. The molecule has 0 aromatic carbocycles. The van der Waals surface area contributed by atoms with Crippen LogP contribution in [0.4, 0.5) is 4.39 Å². The topological polar surface area (TPSA) is 0 Å². The Labute approximate surface area is 68.1 Å². The van der Waals surface area contributed by atoms with Gasteiger partial charge in [-0.25, -0.2) is 4.39 Å². The second-order valence-electron chi connectivity index (χ2n) is 2.13. The van der Waals surface area contributed by atoms with Gasteiger partial charge < -0.3 is 0 Å². The average Bonchev–Trinajstić information content (AvgIpc) is 2.20. The summed E-state index contributed by atoms with van der Waals surface area (Å²) >= 11 is 0. The van der Waals surface area contributed by atoms with Crippen molar-refractivity contribution in [3.63, 3.8) is 0 Å². The van der Waals surface area contributed by atoms with Crippen LogP contribution in [-0.2, 0) is 0 Å². The van der Waals surface area contributed by atoms with E-state index in [1.54, 1.807) is 6.08 Å². The Bertz CT molecular complexity index is 185. The van der Waals surface area contributed by atoms with Gasteiger partial charge >= 0.3 is 0 Å². The minimum absolute atomic E-state index is 0.0666. The van der Waals surface area contributed by atoms with Gasteiger partial charge in [0.25, 0.3) is 0 Å². The fraction of sp³-hybridized carbons (Fsp3) is 0.400. The molecule has 11 heavy (non-hydrogen) atoms. The number of hydrogen-bond acceptors (Lipinski definition) is 0. The van der Waals surface area contributed by atoms with Gasteiger partial charge in [-0.05, 0) is 13.0 Å². The highest BCUT2D eigenvalue weighted by molar-refractivity contribution is 5.26. The molecule has 0 saturated carbocycles. The summed E-state index contributed by atoms with van der Waals surface area (Å²) in [5.41, 5.74) is 1.10. The Morgan fingerprint density at radius 1 is 1.27 bits per heavy atom. The number of hydrogen-bond donors (Lipinski definition) is 0. The van der Waals surface area contributed by atoms with Crippen LogP contribution >= 0.6 is 0 Å². The molecular weight excluding hydrogens is 139 g/mol. The van der Waals surface area contributed by atoms with E-state index in [1.165, 1.54) is 6.08 Å². The van der Waals surface area contributed by atoms with E-state index in [9.17, 15) is 4.39 Å². The molecule has 0 amide bonds. The lowest BCUT2D eigenvalue weighted by molar-refractivity contribution is 0.618. The summed E-state index contributed by atoms with van der Waals surface area (Å²) in [5, 5.41) is 0. The van der Waals surface area contributed by atoms with Crippen LogP contribution in [0.2, 0.25) is 0 Å². The summed E-state index contributed by atoms with van der Waals surface area (Å²) in [6.45, 7) is 5.95. The molecule has 1 aliphatic rings. The van der Waals surface area contributed by atoms with Gasteiger partial charge in [-0.2, -0.15) is 0 Å². The zero-order chi connectivity index (χ0) is 8.69. The molecule has 0 heterocycles. The van der Waals surface area contributed by atoms with Crippen molar-refractivity contribution in [2.75, 3.05) is 0 Å². The lowest BCUT2D eigenvalue weighted by atomic mass is 10.3. The van der Waals surface area contributed by atoms with Crippen LogP contribution in [0.25, 0.3) is 0 Å². The molecule has 0 aliphatic heterocycles. The van der Waals surface area contributed by atoms with Crippen LogP contribution in [0.15, 0.2) is 35.7 Å². The first-order valence-electron chi connectivity index (χ1n) is 3.98. The Morgan fingerprint density at radius 2 is 1.91 bits per heavy atom.